The average Bonchev–Trinajstić information content (AvgIpc) is 2.48. The van der Waals surface area contributed by atoms with Crippen LogP contribution in [0.1, 0.15) is 12.5 Å². The van der Waals surface area contributed by atoms with Crippen LogP contribution in [-0.4, -0.2) is 66.3 Å². The van der Waals surface area contributed by atoms with Crippen molar-refractivity contribution in [1.82, 2.24) is 9.80 Å². The lowest BCUT2D eigenvalue weighted by atomic mass is 10.2. The molecule has 0 radical (unpaired) electrons. The van der Waals surface area contributed by atoms with Gasteiger partial charge in [0.1, 0.15) is 0 Å². The third kappa shape index (κ3) is 5.12. The summed E-state index contributed by atoms with van der Waals surface area (Å²) in [7, 11) is 0. The van der Waals surface area contributed by atoms with Crippen LogP contribution in [-0.2, 0) is 16.1 Å². The molecule has 21 heavy (non-hydrogen) atoms. The van der Waals surface area contributed by atoms with Crippen molar-refractivity contribution in [3.05, 3.63) is 35.9 Å². The number of nitrogens with zero attached hydrogens (tertiary/aromatic N) is 2. The smallest absolute Gasteiger partial charge is 0.236 e. The number of benzene rings is 1. The SMILES string of the molecule is CC1CN(C(=O)CN(CCO)Cc2ccccc2)CCO1. The predicted molar refractivity (Wildman–Crippen MR) is 80.8 cm³/mol. The van der Waals surface area contributed by atoms with Crippen molar-refractivity contribution in [3.63, 3.8) is 0 Å². The second-order valence-electron chi connectivity index (χ2n) is 5.44. The van der Waals surface area contributed by atoms with Crippen LogP contribution in [0.25, 0.3) is 0 Å². The Morgan fingerprint density at radius 3 is 2.86 bits per heavy atom. The van der Waals surface area contributed by atoms with Gasteiger partial charge in [0, 0.05) is 26.2 Å². The molecule has 1 aliphatic rings. The Balaban J connectivity index is 1.90. The fourth-order valence-electron chi connectivity index (χ4n) is 2.53. The Bertz CT molecular complexity index is 438. The van der Waals surface area contributed by atoms with E-state index in [4.69, 9.17) is 4.74 Å². The molecule has 1 heterocycles. The van der Waals surface area contributed by atoms with Crippen LogP contribution in [0.5, 0.6) is 0 Å². The fourth-order valence-corrected chi connectivity index (χ4v) is 2.53. The van der Waals surface area contributed by atoms with E-state index in [1.54, 1.807) is 0 Å². The highest BCUT2D eigenvalue weighted by Gasteiger charge is 2.22. The third-order valence-electron chi connectivity index (χ3n) is 3.62. The molecule has 1 fully saturated rings. The van der Waals surface area contributed by atoms with Gasteiger partial charge in [-0.3, -0.25) is 9.69 Å². The van der Waals surface area contributed by atoms with Crippen LogP contribution in [0.3, 0.4) is 0 Å². The number of aliphatic hydroxyl groups excluding tert-OH is 1. The van der Waals surface area contributed by atoms with Crippen LogP contribution in [0.2, 0.25) is 0 Å². The molecule has 0 spiro atoms. The van der Waals surface area contributed by atoms with Gasteiger partial charge in [0.15, 0.2) is 0 Å². The molecule has 116 valence electrons. The maximum Gasteiger partial charge on any atom is 0.236 e. The Morgan fingerprint density at radius 2 is 2.19 bits per heavy atom. The second-order valence-corrected chi connectivity index (χ2v) is 5.44. The summed E-state index contributed by atoms with van der Waals surface area (Å²) in [6, 6.07) is 10.0. The van der Waals surface area contributed by atoms with Gasteiger partial charge in [-0.1, -0.05) is 30.3 Å². The standard InChI is InChI=1S/C16H24N2O3/c1-14-11-18(8-10-21-14)16(20)13-17(7-9-19)12-15-5-3-2-4-6-15/h2-6,14,19H,7-13H2,1H3. The third-order valence-corrected chi connectivity index (χ3v) is 3.62. The van der Waals surface area contributed by atoms with Crippen LogP contribution in [0.4, 0.5) is 0 Å². The van der Waals surface area contributed by atoms with Gasteiger partial charge in [-0.25, -0.2) is 0 Å². The van der Waals surface area contributed by atoms with E-state index in [0.717, 1.165) is 5.56 Å². The van der Waals surface area contributed by atoms with Crippen molar-refractivity contribution >= 4 is 5.91 Å². The summed E-state index contributed by atoms with van der Waals surface area (Å²) in [6.07, 6.45) is 0.100. The topological polar surface area (TPSA) is 53.0 Å². The number of hydrogen-bond donors (Lipinski definition) is 1. The number of rotatable bonds is 6. The molecule has 1 unspecified atom stereocenters. The summed E-state index contributed by atoms with van der Waals surface area (Å²) in [5.41, 5.74) is 1.15. The monoisotopic (exact) mass is 292 g/mol. The number of morpholine rings is 1. The molecular weight excluding hydrogens is 268 g/mol. The second kappa shape index (κ2) is 8.12. The zero-order valence-electron chi connectivity index (χ0n) is 12.6. The van der Waals surface area contributed by atoms with Crippen LogP contribution < -0.4 is 0 Å². The molecule has 1 N–H and O–H groups in total. The molecular formula is C16H24N2O3. The maximum atomic E-state index is 12.4. The van der Waals surface area contributed by atoms with E-state index in [-0.39, 0.29) is 18.6 Å². The van der Waals surface area contributed by atoms with E-state index >= 15 is 0 Å². The number of carbonyl (C=O) groups excluding carboxylic acids is 1. The highest BCUT2D eigenvalue weighted by atomic mass is 16.5. The lowest BCUT2D eigenvalue weighted by molar-refractivity contribution is -0.139. The minimum atomic E-state index is 0.0552. The number of aliphatic hydroxyl groups is 1. The predicted octanol–water partition coefficient (Wildman–Crippen LogP) is 0.728. The van der Waals surface area contributed by atoms with Gasteiger partial charge < -0.3 is 14.7 Å². The first-order valence-corrected chi connectivity index (χ1v) is 7.45. The molecule has 0 saturated carbocycles. The van der Waals surface area contributed by atoms with E-state index in [0.29, 0.717) is 39.3 Å². The van der Waals surface area contributed by atoms with Crippen molar-refractivity contribution in [2.24, 2.45) is 0 Å². The largest absolute Gasteiger partial charge is 0.395 e. The molecule has 1 atom stereocenters. The van der Waals surface area contributed by atoms with E-state index < -0.39 is 0 Å². The quantitative estimate of drug-likeness (QED) is 0.840. The minimum absolute atomic E-state index is 0.0552. The van der Waals surface area contributed by atoms with Crippen LogP contribution in [0, 0.1) is 0 Å². The van der Waals surface area contributed by atoms with E-state index in [2.05, 4.69) is 0 Å². The summed E-state index contributed by atoms with van der Waals surface area (Å²) in [6.45, 7) is 5.45. The zero-order chi connectivity index (χ0) is 15.1. The molecule has 0 aliphatic carbocycles. The Morgan fingerprint density at radius 1 is 1.43 bits per heavy atom. The summed E-state index contributed by atoms with van der Waals surface area (Å²) in [5.74, 6) is 0.106. The van der Waals surface area contributed by atoms with Crippen LogP contribution >= 0.6 is 0 Å². The maximum absolute atomic E-state index is 12.4. The molecule has 1 amide bonds. The number of amides is 1. The van der Waals surface area contributed by atoms with E-state index in [1.165, 1.54) is 0 Å². The summed E-state index contributed by atoms with van der Waals surface area (Å²) in [4.78, 5) is 16.2. The fraction of sp³-hybridized carbons (Fsp3) is 0.562. The van der Waals surface area contributed by atoms with Gasteiger partial charge in [-0.2, -0.15) is 0 Å². The first-order valence-electron chi connectivity index (χ1n) is 7.45. The van der Waals surface area contributed by atoms with E-state index in [1.807, 2.05) is 47.1 Å². The van der Waals surface area contributed by atoms with Gasteiger partial charge in [-0.05, 0) is 12.5 Å². The molecule has 0 aromatic heterocycles. The summed E-state index contributed by atoms with van der Waals surface area (Å²) >= 11 is 0. The normalized spacial score (nSPS) is 19.0. The van der Waals surface area contributed by atoms with Gasteiger partial charge in [0.2, 0.25) is 5.91 Å². The minimum Gasteiger partial charge on any atom is -0.395 e. The molecule has 2 rings (SSSR count). The van der Waals surface area contributed by atoms with E-state index in [9.17, 15) is 9.90 Å². The summed E-state index contributed by atoms with van der Waals surface area (Å²) in [5, 5.41) is 9.19. The highest BCUT2D eigenvalue weighted by molar-refractivity contribution is 5.78. The first kappa shape index (κ1) is 15.9. The molecule has 0 bridgehead atoms. The van der Waals surface area contributed by atoms with Gasteiger partial charge in [0.05, 0.1) is 25.9 Å². The lowest BCUT2D eigenvalue weighted by Crippen LogP contribution is -2.48. The zero-order valence-corrected chi connectivity index (χ0v) is 12.6. The average molecular weight is 292 g/mol. The summed E-state index contributed by atoms with van der Waals surface area (Å²) < 4.78 is 5.46. The molecule has 5 nitrogen and oxygen atoms in total. The van der Waals surface area contributed by atoms with Gasteiger partial charge in [0.25, 0.3) is 0 Å². The Labute approximate surface area is 126 Å². The van der Waals surface area contributed by atoms with Gasteiger partial charge >= 0.3 is 0 Å². The van der Waals surface area contributed by atoms with Gasteiger partial charge in [-0.15, -0.1) is 0 Å². The number of hydrogen-bond acceptors (Lipinski definition) is 4. The van der Waals surface area contributed by atoms with Crippen molar-refractivity contribution in [3.8, 4) is 0 Å². The van der Waals surface area contributed by atoms with Crippen LogP contribution in [0.15, 0.2) is 30.3 Å². The Kier molecular flexibility index (Phi) is 6.17. The molecule has 1 saturated heterocycles. The first-order chi connectivity index (χ1) is 10.2. The Hall–Kier alpha value is -1.43. The highest BCUT2D eigenvalue weighted by Crippen LogP contribution is 2.08. The molecule has 1 aromatic rings. The van der Waals surface area contributed by atoms with Crippen molar-refractivity contribution in [1.29, 1.82) is 0 Å². The molecule has 5 heteroatoms. The molecule has 1 aliphatic heterocycles. The van der Waals surface area contributed by atoms with Crippen molar-refractivity contribution in [2.75, 3.05) is 39.4 Å². The van der Waals surface area contributed by atoms with Crippen molar-refractivity contribution in [2.45, 2.75) is 19.6 Å². The number of carbonyl (C=O) groups is 1. The lowest BCUT2D eigenvalue weighted by Gasteiger charge is -2.33. The number of ether oxygens (including phenoxy) is 1. The molecule has 1 aromatic carbocycles. The van der Waals surface area contributed by atoms with Crippen molar-refractivity contribution < 1.29 is 14.6 Å².